The van der Waals surface area contributed by atoms with Crippen molar-refractivity contribution in [3.63, 3.8) is 0 Å². The molecule has 0 amide bonds. The number of aliphatic hydroxyl groups excluding tert-OH is 1. The Balaban J connectivity index is 0.00000240. The summed E-state index contributed by atoms with van der Waals surface area (Å²) in [6, 6.07) is 17.5. The molecule has 8 heteroatoms. The molecule has 0 fully saturated rings. The monoisotopic (exact) mass is 499 g/mol. The number of halogens is 1. The van der Waals surface area contributed by atoms with Gasteiger partial charge in [-0.15, -0.1) is 5.10 Å². The molecule has 0 aliphatic carbocycles. The third-order valence-electron chi connectivity index (χ3n) is 4.22. The van der Waals surface area contributed by atoms with Gasteiger partial charge in [-0.3, -0.25) is 0 Å². The predicted octanol–water partition coefficient (Wildman–Crippen LogP) is 4.75. The van der Waals surface area contributed by atoms with Crippen LogP contribution < -0.4 is 5.63 Å². The number of benzene rings is 3. The summed E-state index contributed by atoms with van der Waals surface area (Å²) in [6.07, 6.45) is 1.33. The normalized spacial score (nSPS) is 11.8. The van der Waals surface area contributed by atoms with Crippen LogP contribution in [0.5, 0.6) is 5.75 Å². The first-order valence-electron chi connectivity index (χ1n) is 8.27. The molecule has 1 radical (unpaired) electrons. The van der Waals surface area contributed by atoms with Gasteiger partial charge in [-0.2, -0.15) is 5.10 Å². The standard InChI is InChI=1S/C21H13BrN2O4.Cu/c22-14-6-8-19-13(9-14)10-16(21(27)28-19)20(26)24-23-11-17-15-4-2-1-3-12(15)5-7-18(17)25;/h1-11,25H,(H,24,26);/b23-11+;. The minimum atomic E-state index is -0.723. The van der Waals surface area contributed by atoms with Crippen LogP contribution in [-0.2, 0) is 17.1 Å². The maximum atomic E-state index is 12.1. The fraction of sp³-hybridized carbons (Fsp3) is 0. The van der Waals surface area contributed by atoms with Gasteiger partial charge in [-0.1, -0.05) is 46.3 Å². The summed E-state index contributed by atoms with van der Waals surface area (Å²) in [7, 11) is 0. The first-order chi connectivity index (χ1) is 13.5. The van der Waals surface area contributed by atoms with Crippen LogP contribution in [0.25, 0.3) is 21.7 Å². The predicted molar refractivity (Wildman–Crippen MR) is 113 cm³/mol. The first kappa shape index (κ1) is 20.8. The summed E-state index contributed by atoms with van der Waals surface area (Å²) in [5.41, 5.74) is 0.0298. The van der Waals surface area contributed by atoms with E-state index < -0.39 is 11.5 Å². The Kier molecular flexibility index (Phi) is 6.17. The summed E-state index contributed by atoms with van der Waals surface area (Å²) in [5.74, 6) is -0.543. The number of hydrogen-bond acceptors (Lipinski definition) is 5. The molecule has 2 N–H and O–H groups in total. The maximum absolute atomic E-state index is 12.1. The van der Waals surface area contributed by atoms with Crippen LogP contribution in [0.3, 0.4) is 0 Å². The number of nitrogens with zero attached hydrogens (tertiary/aromatic N) is 2. The Morgan fingerprint density at radius 2 is 1.83 bits per heavy atom. The van der Waals surface area contributed by atoms with E-state index in [1.165, 1.54) is 12.3 Å². The molecule has 4 rings (SSSR count). The number of rotatable bonds is 3. The topological polar surface area (TPSA) is 95.4 Å². The van der Waals surface area contributed by atoms with Crippen molar-refractivity contribution >= 4 is 49.8 Å². The van der Waals surface area contributed by atoms with E-state index in [9.17, 15) is 15.0 Å². The Hall–Kier alpha value is -2.93. The summed E-state index contributed by atoms with van der Waals surface area (Å²) in [5, 5.41) is 30.2. The zero-order valence-electron chi connectivity index (χ0n) is 14.6. The Morgan fingerprint density at radius 1 is 1.03 bits per heavy atom. The van der Waals surface area contributed by atoms with Gasteiger partial charge in [0.2, 0.25) is 5.90 Å². The van der Waals surface area contributed by atoms with Gasteiger partial charge in [0, 0.05) is 32.5 Å². The average Bonchev–Trinajstić information content (AvgIpc) is 2.69. The van der Waals surface area contributed by atoms with Gasteiger partial charge in [-0.05, 0) is 41.1 Å². The van der Waals surface area contributed by atoms with E-state index in [-0.39, 0.29) is 28.4 Å². The second kappa shape index (κ2) is 8.61. The van der Waals surface area contributed by atoms with E-state index in [2.05, 4.69) is 26.1 Å². The number of aliphatic hydroxyl groups is 1. The average molecular weight is 501 g/mol. The molecule has 149 valence electrons. The SMILES string of the molecule is O=c1oc2ccc(Br)cc2cc1/C(O)=N/N=C/c1c(O)ccc2ccccc12.[Cu]. The molecule has 0 spiro atoms. The van der Waals surface area contributed by atoms with Crippen molar-refractivity contribution in [3.05, 3.63) is 86.7 Å². The minimum absolute atomic E-state index is 0. The van der Waals surface area contributed by atoms with Crippen LogP contribution in [0, 0.1) is 0 Å². The molecule has 4 aromatic rings. The van der Waals surface area contributed by atoms with Crippen LogP contribution in [-0.4, -0.2) is 22.3 Å². The summed E-state index contributed by atoms with van der Waals surface area (Å²) in [6.45, 7) is 0. The molecule has 1 aromatic heterocycles. The number of aromatic hydroxyl groups is 1. The van der Waals surface area contributed by atoms with Crippen molar-refractivity contribution in [3.8, 4) is 5.75 Å². The van der Waals surface area contributed by atoms with Crippen LogP contribution in [0.2, 0.25) is 0 Å². The summed E-state index contributed by atoms with van der Waals surface area (Å²) < 4.78 is 6.01. The van der Waals surface area contributed by atoms with Crippen LogP contribution in [0.1, 0.15) is 11.1 Å². The van der Waals surface area contributed by atoms with Gasteiger partial charge in [0.1, 0.15) is 16.9 Å². The van der Waals surface area contributed by atoms with Gasteiger partial charge in [-0.25, -0.2) is 4.79 Å². The van der Waals surface area contributed by atoms with Gasteiger partial charge in [0.15, 0.2) is 0 Å². The third-order valence-corrected chi connectivity index (χ3v) is 4.72. The molecule has 0 atom stereocenters. The first-order valence-corrected chi connectivity index (χ1v) is 9.07. The summed E-state index contributed by atoms with van der Waals surface area (Å²) >= 11 is 3.35. The molecule has 0 bridgehead atoms. The molecular weight excluding hydrogens is 488 g/mol. The number of hydrogen-bond donors (Lipinski definition) is 2. The van der Waals surface area contributed by atoms with E-state index in [4.69, 9.17) is 4.42 Å². The molecular formula is C21H13BrCuN2O4. The molecule has 3 aromatic carbocycles. The molecule has 0 saturated heterocycles. The van der Waals surface area contributed by atoms with Gasteiger partial charge in [0.25, 0.3) is 0 Å². The number of phenolic OH excluding ortho intramolecular Hbond substituents is 1. The van der Waals surface area contributed by atoms with Crippen molar-refractivity contribution in [1.29, 1.82) is 0 Å². The molecule has 6 nitrogen and oxygen atoms in total. The minimum Gasteiger partial charge on any atom is -0.507 e. The van der Waals surface area contributed by atoms with E-state index in [0.29, 0.717) is 16.5 Å². The molecule has 0 aliphatic heterocycles. The second-order valence-electron chi connectivity index (χ2n) is 6.02. The molecule has 0 saturated carbocycles. The fourth-order valence-electron chi connectivity index (χ4n) is 2.87. The number of fused-ring (bicyclic) bond motifs is 2. The van der Waals surface area contributed by atoms with E-state index >= 15 is 0 Å². The Bertz CT molecular complexity index is 1330. The summed E-state index contributed by atoms with van der Waals surface area (Å²) in [4.78, 5) is 12.1. The van der Waals surface area contributed by atoms with Crippen molar-refractivity contribution in [2.75, 3.05) is 0 Å². The van der Waals surface area contributed by atoms with Crippen LogP contribution in [0.15, 0.2) is 84.6 Å². The third kappa shape index (κ3) is 4.24. The van der Waals surface area contributed by atoms with Crippen molar-refractivity contribution in [2.45, 2.75) is 0 Å². The molecule has 1 heterocycles. The van der Waals surface area contributed by atoms with E-state index in [0.717, 1.165) is 15.2 Å². The van der Waals surface area contributed by atoms with E-state index in [1.807, 2.05) is 24.3 Å². The quantitative estimate of drug-likeness (QED) is 0.139. The van der Waals surface area contributed by atoms with Crippen LogP contribution in [0.4, 0.5) is 0 Å². The second-order valence-corrected chi connectivity index (χ2v) is 6.93. The molecule has 0 unspecified atom stereocenters. The van der Waals surface area contributed by atoms with Gasteiger partial charge >= 0.3 is 5.63 Å². The van der Waals surface area contributed by atoms with Crippen molar-refractivity contribution in [2.24, 2.45) is 10.2 Å². The zero-order valence-corrected chi connectivity index (χ0v) is 17.2. The Morgan fingerprint density at radius 3 is 2.66 bits per heavy atom. The van der Waals surface area contributed by atoms with Gasteiger partial charge < -0.3 is 14.6 Å². The van der Waals surface area contributed by atoms with Crippen molar-refractivity contribution < 1.29 is 31.7 Å². The molecule has 29 heavy (non-hydrogen) atoms. The van der Waals surface area contributed by atoms with Crippen LogP contribution >= 0.6 is 15.9 Å². The maximum Gasteiger partial charge on any atom is 0.349 e. The smallest absolute Gasteiger partial charge is 0.349 e. The van der Waals surface area contributed by atoms with Gasteiger partial charge in [0.05, 0.1) is 6.21 Å². The fourth-order valence-corrected chi connectivity index (χ4v) is 3.24. The largest absolute Gasteiger partial charge is 0.507 e. The zero-order chi connectivity index (χ0) is 19.7. The molecule has 0 aliphatic rings. The van der Waals surface area contributed by atoms with Crippen molar-refractivity contribution in [1.82, 2.24) is 0 Å². The van der Waals surface area contributed by atoms with E-state index in [1.54, 1.807) is 30.3 Å². The number of phenols is 1. The Labute approximate surface area is 183 Å².